The molecule has 0 aliphatic carbocycles. The predicted molar refractivity (Wildman–Crippen MR) is 50.5 cm³/mol. The second-order valence-electron chi connectivity index (χ2n) is 3.10. The first-order valence-corrected chi connectivity index (χ1v) is 5.25. The second kappa shape index (κ2) is 3.39. The molecule has 0 atom stereocenters. The third kappa shape index (κ3) is 1.74. The summed E-state index contributed by atoms with van der Waals surface area (Å²) in [6.45, 7) is 5.82. The van der Waals surface area contributed by atoms with E-state index in [1.165, 1.54) is 0 Å². The van der Waals surface area contributed by atoms with Gasteiger partial charge in [0.15, 0.2) is 0 Å². The van der Waals surface area contributed by atoms with E-state index in [2.05, 4.69) is 0 Å². The Morgan fingerprint density at radius 1 is 1.00 bits per heavy atom. The van der Waals surface area contributed by atoms with E-state index in [1.54, 1.807) is 0 Å². The van der Waals surface area contributed by atoms with Crippen molar-refractivity contribution in [3.8, 4) is 0 Å². The van der Waals surface area contributed by atoms with Crippen molar-refractivity contribution in [3.05, 3.63) is 28.8 Å². The molecule has 0 heterocycles. The Kier molecular flexibility index (Phi) is 2.67. The van der Waals surface area contributed by atoms with Gasteiger partial charge >= 0.3 is 9.28 Å². The number of hydrogen-bond donors (Lipinski definition) is 2. The van der Waals surface area contributed by atoms with Gasteiger partial charge in [-0.05, 0) is 31.9 Å². The average molecular weight is 181 g/mol. The zero-order valence-corrected chi connectivity index (χ0v) is 8.55. The zero-order valence-electron chi connectivity index (χ0n) is 7.55. The predicted octanol–water partition coefficient (Wildman–Crippen LogP) is 0.292. The Balaban J connectivity index is 3.28. The maximum absolute atomic E-state index is 9.13. The minimum Gasteiger partial charge on any atom is -0.406 e. The lowest BCUT2D eigenvalue weighted by atomic mass is 10.1. The molecule has 0 spiro atoms. The second-order valence-corrected chi connectivity index (χ2v) is 4.24. The number of aryl methyl sites for hydroxylation is 3. The Morgan fingerprint density at radius 2 is 1.42 bits per heavy atom. The lowest BCUT2D eigenvalue weighted by Crippen LogP contribution is -2.34. The molecule has 65 valence electrons. The first-order valence-electron chi connectivity index (χ1n) is 3.85. The lowest BCUT2D eigenvalue weighted by Gasteiger charge is -2.09. The van der Waals surface area contributed by atoms with Crippen molar-refractivity contribution in [1.82, 2.24) is 0 Å². The van der Waals surface area contributed by atoms with Crippen LogP contribution >= 0.6 is 0 Å². The number of hydrogen-bond acceptors (Lipinski definition) is 2. The molecule has 1 aromatic carbocycles. The summed E-state index contributed by atoms with van der Waals surface area (Å²) in [5.74, 6) is 0. The van der Waals surface area contributed by atoms with Crippen LogP contribution in [0.25, 0.3) is 0 Å². The Bertz CT molecular complexity index is 272. The van der Waals surface area contributed by atoms with E-state index in [-0.39, 0.29) is 0 Å². The normalized spacial score (nSPS) is 10.8. The molecule has 0 aromatic heterocycles. The van der Waals surface area contributed by atoms with E-state index in [1.807, 2.05) is 32.9 Å². The van der Waals surface area contributed by atoms with Gasteiger partial charge in [-0.25, -0.2) is 0 Å². The topological polar surface area (TPSA) is 40.5 Å². The van der Waals surface area contributed by atoms with Gasteiger partial charge in [0.2, 0.25) is 0 Å². The molecule has 1 aromatic rings. The molecule has 0 fully saturated rings. The van der Waals surface area contributed by atoms with Crippen molar-refractivity contribution in [2.24, 2.45) is 0 Å². The van der Waals surface area contributed by atoms with Gasteiger partial charge in [-0.2, -0.15) is 0 Å². The highest BCUT2D eigenvalue weighted by Crippen LogP contribution is 2.05. The smallest absolute Gasteiger partial charge is 0.406 e. The van der Waals surface area contributed by atoms with Gasteiger partial charge in [0.1, 0.15) is 0 Å². The van der Waals surface area contributed by atoms with Gasteiger partial charge < -0.3 is 9.59 Å². The van der Waals surface area contributed by atoms with Crippen molar-refractivity contribution in [2.45, 2.75) is 20.8 Å². The van der Waals surface area contributed by atoms with Crippen LogP contribution < -0.4 is 5.19 Å². The first-order chi connectivity index (χ1) is 5.52. The largest absolute Gasteiger partial charge is 0.418 e. The maximum Gasteiger partial charge on any atom is 0.418 e. The summed E-state index contributed by atoms with van der Waals surface area (Å²) in [5, 5.41) is 0.727. The number of benzene rings is 1. The molecule has 0 saturated heterocycles. The van der Waals surface area contributed by atoms with Crippen molar-refractivity contribution in [2.75, 3.05) is 0 Å². The molecule has 1 radical (unpaired) electrons. The van der Waals surface area contributed by atoms with E-state index in [4.69, 9.17) is 9.59 Å². The summed E-state index contributed by atoms with van der Waals surface area (Å²) in [5.41, 5.74) is 3.12. The van der Waals surface area contributed by atoms with Gasteiger partial charge in [0, 0.05) is 5.19 Å². The van der Waals surface area contributed by atoms with Crippen LogP contribution in [0.2, 0.25) is 0 Å². The fourth-order valence-corrected chi connectivity index (χ4v) is 2.38. The molecule has 0 amide bonds. The number of rotatable bonds is 1. The van der Waals surface area contributed by atoms with Crippen LogP contribution in [0.1, 0.15) is 16.7 Å². The zero-order chi connectivity index (χ0) is 9.30. The molecule has 0 aliphatic heterocycles. The highest BCUT2D eigenvalue weighted by molar-refractivity contribution is 6.59. The average Bonchev–Trinajstić information content (AvgIpc) is 1.82. The molecular weight excluding hydrogens is 168 g/mol. The van der Waals surface area contributed by atoms with E-state index < -0.39 is 9.28 Å². The van der Waals surface area contributed by atoms with Crippen molar-refractivity contribution in [3.63, 3.8) is 0 Å². The molecule has 2 N–H and O–H groups in total. The standard InChI is InChI=1S/C9H13O2Si/c1-6-4-7(2)9(12(10)11)8(3)5-6/h4-5,10-11H,1-3H3. The summed E-state index contributed by atoms with van der Waals surface area (Å²) in [7, 11) is -2.29. The Labute approximate surface area is 74.3 Å². The van der Waals surface area contributed by atoms with E-state index in [0.717, 1.165) is 21.9 Å². The molecule has 12 heavy (non-hydrogen) atoms. The Morgan fingerprint density at radius 3 is 1.75 bits per heavy atom. The summed E-state index contributed by atoms with van der Waals surface area (Å²) in [4.78, 5) is 18.3. The molecule has 0 bridgehead atoms. The molecule has 2 nitrogen and oxygen atoms in total. The van der Waals surface area contributed by atoms with E-state index >= 15 is 0 Å². The first kappa shape index (κ1) is 9.44. The van der Waals surface area contributed by atoms with Crippen molar-refractivity contribution < 1.29 is 9.59 Å². The van der Waals surface area contributed by atoms with Gasteiger partial charge in [-0.15, -0.1) is 0 Å². The van der Waals surface area contributed by atoms with Gasteiger partial charge in [0.05, 0.1) is 0 Å². The summed E-state index contributed by atoms with van der Waals surface area (Å²) in [6, 6.07) is 3.94. The third-order valence-electron chi connectivity index (χ3n) is 1.90. The van der Waals surface area contributed by atoms with Crippen LogP contribution in [0.15, 0.2) is 12.1 Å². The van der Waals surface area contributed by atoms with Crippen LogP contribution in [0.3, 0.4) is 0 Å². The monoisotopic (exact) mass is 181 g/mol. The fourth-order valence-electron chi connectivity index (χ4n) is 1.53. The molecule has 3 heteroatoms. The van der Waals surface area contributed by atoms with Crippen molar-refractivity contribution in [1.29, 1.82) is 0 Å². The third-order valence-corrected chi connectivity index (χ3v) is 3.14. The van der Waals surface area contributed by atoms with E-state index in [9.17, 15) is 0 Å². The van der Waals surface area contributed by atoms with Gasteiger partial charge in [0.25, 0.3) is 0 Å². The highest BCUT2D eigenvalue weighted by atomic mass is 28.3. The van der Waals surface area contributed by atoms with Gasteiger partial charge in [-0.1, -0.05) is 17.7 Å². The Hall–Kier alpha value is -0.643. The minimum absolute atomic E-state index is 0.727. The SMILES string of the molecule is Cc1cc(C)c([Si](O)O)c(C)c1. The molecule has 1 rings (SSSR count). The van der Waals surface area contributed by atoms with Crippen LogP contribution in [0.5, 0.6) is 0 Å². The summed E-state index contributed by atoms with van der Waals surface area (Å²) >= 11 is 0. The fraction of sp³-hybridized carbons (Fsp3) is 0.333. The van der Waals surface area contributed by atoms with Crippen molar-refractivity contribution >= 4 is 14.5 Å². The van der Waals surface area contributed by atoms with Crippen LogP contribution in [0.4, 0.5) is 0 Å². The highest BCUT2D eigenvalue weighted by Gasteiger charge is 2.14. The molecular formula is C9H13O2Si. The molecule has 0 aliphatic rings. The summed E-state index contributed by atoms with van der Waals surface area (Å²) in [6.07, 6.45) is 0. The maximum atomic E-state index is 9.13. The summed E-state index contributed by atoms with van der Waals surface area (Å²) < 4.78 is 0. The quantitative estimate of drug-likeness (QED) is 0.611. The minimum atomic E-state index is -2.29. The lowest BCUT2D eigenvalue weighted by molar-refractivity contribution is 0.425. The van der Waals surface area contributed by atoms with Crippen LogP contribution in [-0.4, -0.2) is 18.9 Å². The molecule has 0 unspecified atom stereocenters. The van der Waals surface area contributed by atoms with Crippen LogP contribution in [-0.2, 0) is 0 Å². The van der Waals surface area contributed by atoms with E-state index in [0.29, 0.717) is 0 Å². The van der Waals surface area contributed by atoms with Crippen LogP contribution in [0, 0.1) is 20.8 Å². The van der Waals surface area contributed by atoms with Gasteiger partial charge in [-0.3, -0.25) is 0 Å². The molecule has 0 saturated carbocycles.